The number of carbonyl (C=O) groups is 1. The first kappa shape index (κ1) is 20.0. The Morgan fingerprint density at radius 3 is 2.00 bits per heavy atom. The molecule has 5 nitrogen and oxygen atoms in total. The largest absolute Gasteiger partial charge is 0.298 e. The molecule has 7 heteroatoms. The molecule has 0 N–H and O–H groups in total. The highest BCUT2D eigenvalue weighted by atomic mass is 32.2. The third-order valence-corrected chi connectivity index (χ3v) is 10.7. The molecular weight excluding hydrogens is 408 g/mol. The Hall–Kier alpha value is -2.25. The number of allylic oxidation sites excluding steroid dienone is 2. The quantitative estimate of drug-likeness (QED) is 0.738. The van der Waals surface area contributed by atoms with Gasteiger partial charge >= 0.3 is 0 Å². The van der Waals surface area contributed by atoms with E-state index < -0.39 is 30.3 Å². The Kier molecular flexibility index (Phi) is 4.78. The van der Waals surface area contributed by atoms with Crippen LogP contribution in [0.4, 0.5) is 0 Å². The first-order valence-electron chi connectivity index (χ1n) is 9.55. The highest BCUT2D eigenvalue weighted by molar-refractivity contribution is 7.96. The van der Waals surface area contributed by atoms with Crippen LogP contribution in [0.3, 0.4) is 0 Å². The van der Waals surface area contributed by atoms with Crippen molar-refractivity contribution in [2.45, 2.75) is 47.1 Å². The highest BCUT2D eigenvalue weighted by Crippen LogP contribution is 2.55. The average molecular weight is 431 g/mol. The van der Waals surface area contributed by atoms with Gasteiger partial charge in [0, 0.05) is 12.3 Å². The lowest BCUT2D eigenvalue weighted by Crippen LogP contribution is -2.53. The molecule has 29 heavy (non-hydrogen) atoms. The second kappa shape index (κ2) is 6.92. The Balaban J connectivity index is 1.92. The molecule has 0 radical (unpaired) electrons. The Labute approximate surface area is 171 Å². The molecule has 1 saturated carbocycles. The van der Waals surface area contributed by atoms with Gasteiger partial charge in [-0.15, -0.1) is 0 Å². The number of Topliss-reactive ketones (excluding diaryl/α,β-unsaturated/α-hetero) is 1. The van der Waals surface area contributed by atoms with Crippen molar-refractivity contribution in [3.8, 4) is 0 Å². The topological polar surface area (TPSA) is 85.3 Å². The molecule has 0 aliphatic heterocycles. The maximum absolute atomic E-state index is 13.7. The smallest absolute Gasteiger partial charge is 0.203 e. The summed E-state index contributed by atoms with van der Waals surface area (Å²) >= 11 is 0. The molecule has 2 aliphatic rings. The first-order valence-corrected chi connectivity index (χ1v) is 12.5. The van der Waals surface area contributed by atoms with Gasteiger partial charge in [-0.05, 0) is 50.5 Å². The molecule has 0 spiro atoms. The summed E-state index contributed by atoms with van der Waals surface area (Å²) in [5, 5.41) is 0. The van der Waals surface area contributed by atoms with E-state index in [4.69, 9.17) is 0 Å². The van der Waals surface area contributed by atoms with Crippen molar-refractivity contribution in [3.05, 3.63) is 71.1 Å². The third kappa shape index (κ3) is 2.82. The van der Waals surface area contributed by atoms with E-state index in [1.807, 2.05) is 0 Å². The molecule has 2 aromatic rings. The first-order chi connectivity index (χ1) is 13.7. The summed E-state index contributed by atoms with van der Waals surface area (Å²) in [7, 11) is -7.97. The molecule has 0 bridgehead atoms. The van der Waals surface area contributed by atoms with Gasteiger partial charge in [-0.1, -0.05) is 42.0 Å². The number of ketones is 1. The predicted octanol–water partition coefficient (Wildman–Crippen LogP) is 3.72. The van der Waals surface area contributed by atoms with E-state index >= 15 is 0 Å². The van der Waals surface area contributed by atoms with Gasteiger partial charge in [-0.2, -0.15) is 0 Å². The van der Waals surface area contributed by atoms with Crippen LogP contribution in [0.25, 0.3) is 0 Å². The summed E-state index contributed by atoms with van der Waals surface area (Å²) in [6.45, 7) is 1.64. The van der Waals surface area contributed by atoms with Crippen LogP contribution in [0.15, 0.2) is 80.9 Å². The van der Waals surface area contributed by atoms with Crippen LogP contribution in [0.2, 0.25) is 0 Å². The van der Waals surface area contributed by atoms with E-state index in [1.165, 1.54) is 24.3 Å². The normalized spacial score (nSPS) is 25.1. The fourth-order valence-corrected chi connectivity index (χ4v) is 9.26. The van der Waals surface area contributed by atoms with Gasteiger partial charge < -0.3 is 0 Å². The molecule has 2 atom stereocenters. The Morgan fingerprint density at radius 2 is 1.41 bits per heavy atom. The van der Waals surface area contributed by atoms with Crippen LogP contribution in [0, 0.1) is 5.92 Å². The molecule has 152 valence electrons. The fraction of sp³-hybridized carbons (Fsp3) is 0.318. The average Bonchev–Trinajstić information content (AvgIpc) is 3.05. The minimum atomic E-state index is -4.07. The number of hydrogen-bond acceptors (Lipinski definition) is 5. The molecular formula is C22H22O5S2. The maximum Gasteiger partial charge on any atom is 0.203 e. The van der Waals surface area contributed by atoms with Crippen LogP contribution in [-0.4, -0.2) is 27.4 Å². The summed E-state index contributed by atoms with van der Waals surface area (Å²) in [6, 6.07) is 15.9. The minimum Gasteiger partial charge on any atom is -0.298 e. The van der Waals surface area contributed by atoms with Crippen molar-refractivity contribution in [1.29, 1.82) is 0 Å². The molecule has 0 aromatic heterocycles. The van der Waals surface area contributed by atoms with Crippen molar-refractivity contribution in [2.24, 2.45) is 5.92 Å². The molecule has 1 fully saturated rings. The highest BCUT2D eigenvalue weighted by Gasteiger charge is 2.63. The number of sulfone groups is 2. The van der Waals surface area contributed by atoms with Gasteiger partial charge in [0.05, 0.1) is 14.7 Å². The van der Waals surface area contributed by atoms with Gasteiger partial charge in [0.1, 0.15) is 4.75 Å². The van der Waals surface area contributed by atoms with Crippen LogP contribution in [0.1, 0.15) is 32.6 Å². The van der Waals surface area contributed by atoms with Crippen LogP contribution in [-0.2, 0) is 24.5 Å². The van der Waals surface area contributed by atoms with Gasteiger partial charge in [-0.25, -0.2) is 16.8 Å². The predicted molar refractivity (Wildman–Crippen MR) is 110 cm³/mol. The molecule has 0 saturated heterocycles. The van der Waals surface area contributed by atoms with Crippen molar-refractivity contribution >= 4 is 25.5 Å². The van der Waals surface area contributed by atoms with Gasteiger partial charge in [-0.3, -0.25) is 4.79 Å². The lowest BCUT2D eigenvalue weighted by atomic mass is 9.79. The molecule has 2 aliphatic carbocycles. The second-order valence-electron chi connectivity index (χ2n) is 7.71. The number of fused-ring (bicyclic) bond motifs is 1. The molecule has 0 amide bonds. The minimum absolute atomic E-state index is 0.0615. The van der Waals surface area contributed by atoms with Crippen molar-refractivity contribution < 1.29 is 21.6 Å². The van der Waals surface area contributed by atoms with Crippen LogP contribution in [0.5, 0.6) is 0 Å². The molecule has 0 heterocycles. The van der Waals surface area contributed by atoms with Crippen LogP contribution < -0.4 is 0 Å². The zero-order valence-electron chi connectivity index (χ0n) is 16.0. The van der Waals surface area contributed by atoms with E-state index in [-0.39, 0.29) is 33.3 Å². The number of benzene rings is 2. The van der Waals surface area contributed by atoms with Crippen molar-refractivity contribution in [2.75, 3.05) is 0 Å². The molecule has 2 aromatic carbocycles. The number of carbonyl (C=O) groups excluding carboxylic acids is 1. The summed E-state index contributed by atoms with van der Waals surface area (Å²) in [5.74, 6) is -1.24. The van der Waals surface area contributed by atoms with Crippen molar-refractivity contribution in [3.63, 3.8) is 0 Å². The van der Waals surface area contributed by atoms with Gasteiger partial charge in [0.25, 0.3) is 0 Å². The Bertz CT molecular complexity index is 1200. The van der Waals surface area contributed by atoms with E-state index in [0.29, 0.717) is 18.4 Å². The third-order valence-electron chi connectivity index (χ3n) is 6.07. The second-order valence-corrected chi connectivity index (χ2v) is 11.8. The van der Waals surface area contributed by atoms with Gasteiger partial charge in [0.15, 0.2) is 15.6 Å². The molecule has 0 unspecified atom stereocenters. The van der Waals surface area contributed by atoms with Gasteiger partial charge in [0.2, 0.25) is 9.84 Å². The molecule has 4 rings (SSSR count). The fourth-order valence-electron chi connectivity index (χ4n) is 4.83. The monoisotopic (exact) mass is 430 g/mol. The zero-order valence-corrected chi connectivity index (χ0v) is 17.7. The lowest BCUT2D eigenvalue weighted by Gasteiger charge is -2.38. The van der Waals surface area contributed by atoms with E-state index in [2.05, 4.69) is 0 Å². The Morgan fingerprint density at radius 1 is 0.862 bits per heavy atom. The van der Waals surface area contributed by atoms with E-state index in [1.54, 1.807) is 43.3 Å². The van der Waals surface area contributed by atoms with E-state index in [9.17, 15) is 21.6 Å². The summed E-state index contributed by atoms with van der Waals surface area (Å²) in [6.07, 6.45) is 0.914. The van der Waals surface area contributed by atoms with Crippen molar-refractivity contribution in [1.82, 2.24) is 0 Å². The lowest BCUT2D eigenvalue weighted by molar-refractivity contribution is -0.123. The van der Waals surface area contributed by atoms with Crippen LogP contribution >= 0.6 is 0 Å². The standard InChI is InChI=1S/C22H22O5S2/c1-16-15-22(29(26,27)18-11-6-3-7-12-18)19(13-8-14-20(22)23)21(16)28(24,25)17-9-4-2-5-10-17/h2-7,9-12,19H,8,13-15H2,1H3/t19-,22-/m0/s1. The summed E-state index contributed by atoms with van der Waals surface area (Å²) in [5.41, 5.74) is 0.466. The number of rotatable bonds is 4. The summed E-state index contributed by atoms with van der Waals surface area (Å²) < 4.78 is 52.6. The number of hydrogen-bond donors (Lipinski definition) is 0. The zero-order chi connectivity index (χ0) is 20.9. The van der Waals surface area contributed by atoms with E-state index in [0.717, 1.165) is 0 Å². The SMILES string of the molecule is CC1=C(S(=O)(=O)c2ccccc2)[C@@H]2CCCC(=O)[C@]2(S(=O)(=O)c2ccccc2)C1. The maximum atomic E-state index is 13.7. The summed E-state index contributed by atoms with van der Waals surface area (Å²) in [4.78, 5) is 13.5.